The molecule has 3 heteroatoms. The lowest BCUT2D eigenvalue weighted by Gasteiger charge is -2.32. The predicted octanol–water partition coefficient (Wildman–Crippen LogP) is 1.97. The molecule has 0 atom stereocenters. The molecule has 14 heavy (non-hydrogen) atoms. The number of nitrogens with zero attached hydrogens (tertiary/aromatic N) is 1. The molecule has 1 N–H and O–H groups in total. The Bertz CT molecular complexity index is 336. The summed E-state index contributed by atoms with van der Waals surface area (Å²) in [4.78, 5) is 2.18. The van der Waals surface area contributed by atoms with Crippen LogP contribution < -0.4 is 10.2 Å². The molecule has 1 aromatic rings. The van der Waals surface area contributed by atoms with E-state index in [0.717, 1.165) is 18.9 Å². The molecule has 0 spiro atoms. The van der Waals surface area contributed by atoms with Crippen molar-refractivity contribution in [3.05, 3.63) is 30.1 Å². The first-order valence-corrected chi connectivity index (χ1v) is 4.83. The topological polar surface area (TPSA) is 15.3 Å². The summed E-state index contributed by atoms with van der Waals surface area (Å²) in [5, 5.41) is 3.28. The van der Waals surface area contributed by atoms with Crippen molar-refractivity contribution < 1.29 is 4.39 Å². The number of hydrogen-bond donors (Lipinski definition) is 1. The summed E-state index contributed by atoms with van der Waals surface area (Å²) in [6, 6.07) is 6.74. The standard InChI is InChI=1S/C11H15FN2/c1-11(2)7-13-8-14(11)10-5-3-4-9(12)6-10/h3-6,13H,7-8H2,1-2H3. The normalized spacial score (nSPS) is 20.1. The van der Waals surface area contributed by atoms with Crippen molar-refractivity contribution in [2.45, 2.75) is 19.4 Å². The fourth-order valence-corrected chi connectivity index (χ4v) is 1.87. The molecule has 0 amide bonds. The van der Waals surface area contributed by atoms with Crippen LogP contribution in [0, 0.1) is 5.82 Å². The van der Waals surface area contributed by atoms with Crippen LogP contribution >= 0.6 is 0 Å². The van der Waals surface area contributed by atoms with Crippen LogP contribution in [0.1, 0.15) is 13.8 Å². The fraction of sp³-hybridized carbons (Fsp3) is 0.455. The summed E-state index contributed by atoms with van der Waals surface area (Å²) in [5.74, 6) is -0.176. The molecule has 1 saturated heterocycles. The summed E-state index contributed by atoms with van der Waals surface area (Å²) in [5.41, 5.74) is 1.01. The Kier molecular flexibility index (Phi) is 2.19. The second-order valence-corrected chi connectivity index (χ2v) is 4.31. The summed E-state index contributed by atoms with van der Waals surface area (Å²) >= 11 is 0. The van der Waals surface area contributed by atoms with E-state index in [0.29, 0.717) is 0 Å². The largest absolute Gasteiger partial charge is 0.352 e. The molecule has 2 nitrogen and oxygen atoms in total. The predicted molar refractivity (Wildman–Crippen MR) is 55.8 cm³/mol. The zero-order valence-electron chi connectivity index (χ0n) is 8.55. The van der Waals surface area contributed by atoms with Crippen LogP contribution in [0.25, 0.3) is 0 Å². The fourth-order valence-electron chi connectivity index (χ4n) is 1.87. The SMILES string of the molecule is CC1(C)CNCN1c1cccc(F)c1. The van der Waals surface area contributed by atoms with Gasteiger partial charge in [0.2, 0.25) is 0 Å². The highest BCUT2D eigenvalue weighted by atomic mass is 19.1. The van der Waals surface area contributed by atoms with Gasteiger partial charge in [0, 0.05) is 17.8 Å². The van der Waals surface area contributed by atoms with Gasteiger partial charge in [-0.05, 0) is 32.0 Å². The van der Waals surface area contributed by atoms with Gasteiger partial charge < -0.3 is 4.90 Å². The van der Waals surface area contributed by atoms with Crippen molar-refractivity contribution in [3.8, 4) is 0 Å². The van der Waals surface area contributed by atoms with Gasteiger partial charge in [0.1, 0.15) is 5.82 Å². The van der Waals surface area contributed by atoms with E-state index >= 15 is 0 Å². The van der Waals surface area contributed by atoms with E-state index in [-0.39, 0.29) is 11.4 Å². The van der Waals surface area contributed by atoms with Gasteiger partial charge >= 0.3 is 0 Å². The Hall–Kier alpha value is -1.09. The number of benzene rings is 1. The van der Waals surface area contributed by atoms with Crippen molar-refractivity contribution >= 4 is 5.69 Å². The molecule has 0 radical (unpaired) electrons. The van der Waals surface area contributed by atoms with Crippen molar-refractivity contribution in [1.82, 2.24) is 5.32 Å². The molecule has 0 unspecified atom stereocenters. The van der Waals surface area contributed by atoms with Gasteiger partial charge in [0.15, 0.2) is 0 Å². The maximum atomic E-state index is 13.0. The highest BCUT2D eigenvalue weighted by Gasteiger charge is 2.31. The van der Waals surface area contributed by atoms with E-state index in [2.05, 4.69) is 24.1 Å². The second-order valence-electron chi connectivity index (χ2n) is 4.31. The zero-order chi connectivity index (χ0) is 10.2. The van der Waals surface area contributed by atoms with Crippen LogP contribution in [0.3, 0.4) is 0 Å². The third-order valence-corrected chi connectivity index (χ3v) is 2.68. The van der Waals surface area contributed by atoms with Gasteiger partial charge in [-0.2, -0.15) is 0 Å². The van der Waals surface area contributed by atoms with E-state index in [1.807, 2.05) is 6.07 Å². The summed E-state index contributed by atoms with van der Waals surface area (Å²) in [7, 11) is 0. The quantitative estimate of drug-likeness (QED) is 0.735. The van der Waals surface area contributed by atoms with Crippen molar-refractivity contribution in [3.63, 3.8) is 0 Å². The van der Waals surface area contributed by atoms with E-state index in [9.17, 15) is 4.39 Å². The minimum absolute atomic E-state index is 0.0633. The number of halogens is 1. The lowest BCUT2D eigenvalue weighted by atomic mass is 10.0. The van der Waals surface area contributed by atoms with Crippen molar-refractivity contribution in [2.75, 3.05) is 18.1 Å². The van der Waals surface area contributed by atoms with E-state index in [1.165, 1.54) is 6.07 Å². The minimum Gasteiger partial charge on any atom is -0.352 e. The van der Waals surface area contributed by atoms with Gasteiger partial charge in [-0.15, -0.1) is 0 Å². The minimum atomic E-state index is -0.176. The van der Waals surface area contributed by atoms with Gasteiger partial charge in [-0.25, -0.2) is 4.39 Å². The number of rotatable bonds is 1. The molecular weight excluding hydrogens is 179 g/mol. The molecule has 0 aromatic heterocycles. The Balaban J connectivity index is 2.31. The lowest BCUT2D eigenvalue weighted by molar-refractivity contribution is 0.545. The Labute approximate surface area is 83.7 Å². The molecule has 1 aromatic carbocycles. The first-order chi connectivity index (χ1) is 6.59. The molecule has 76 valence electrons. The van der Waals surface area contributed by atoms with Crippen LogP contribution in [0.2, 0.25) is 0 Å². The van der Waals surface area contributed by atoms with Gasteiger partial charge in [0.05, 0.1) is 6.67 Å². The zero-order valence-corrected chi connectivity index (χ0v) is 8.55. The smallest absolute Gasteiger partial charge is 0.125 e. The van der Waals surface area contributed by atoms with Crippen LogP contribution in [0.15, 0.2) is 24.3 Å². The molecule has 0 saturated carbocycles. The van der Waals surface area contributed by atoms with Gasteiger partial charge in [0.25, 0.3) is 0 Å². The Morgan fingerprint density at radius 1 is 1.43 bits per heavy atom. The molecule has 1 heterocycles. The Morgan fingerprint density at radius 3 is 2.79 bits per heavy atom. The summed E-state index contributed by atoms with van der Waals surface area (Å²) in [6.07, 6.45) is 0. The van der Waals surface area contributed by atoms with E-state index in [1.54, 1.807) is 12.1 Å². The number of hydrogen-bond acceptors (Lipinski definition) is 2. The van der Waals surface area contributed by atoms with Gasteiger partial charge in [-0.1, -0.05) is 6.07 Å². The average Bonchev–Trinajstić information content (AvgIpc) is 2.45. The average molecular weight is 194 g/mol. The maximum absolute atomic E-state index is 13.0. The number of nitrogens with one attached hydrogen (secondary N) is 1. The van der Waals surface area contributed by atoms with E-state index < -0.39 is 0 Å². The monoisotopic (exact) mass is 194 g/mol. The molecular formula is C11H15FN2. The molecule has 1 fully saturated rings. The second kappa shape index (κ2) is 3.24. The van der Waals surface area contributed by atoms with Gasteiger partial charge in [-0.3, -0.25) is 5.32 Å². The summed E-state index contributed by atoms with van der Waals surface area (Å²) < 4.78 is 13.0. The third-order valence-electron chi connectivity index (χ3n) is 2.68. The lowest BCUT2D eigenvalue weighted by Crippen LogP contribution is -2.40. The maximum Gasteiger partial charge on any atom is 0.125 e. The first-order valence-electron chi connectivity index (χ1n) is 4.83. The third kappa shape index (κ3) is 1.60. The van der Waals surface area contributed by atoms with E-state index in [4.69, 9.17) is 0 Å². The van der Waals surface area contributed by atoms with Crippen LogP contribution in [-0.4, -0.2) is 18.8 Å². The highest BCUT2D eigenvalue weighted by molar-refractivity contribution is 5.50. The highest BCUT2D eigenvalue weighted by Crippen LogP contribution is 2.26. The Morgan fingerprint density at radius 2 is 2.21 bits per heavy atom. The van der Waals surface area contributed by atoms with Crippen molar-refractivity contribution in [1.29, 1.82) is 0 Å². The van der Waals surface area contributed by atoms with Crippen LogP contribution in [-0.2, 0) is 0 Å². The van der Waals surface area contributed by atoms with Crippen LogP contribution in [0.4, 0.5) is 10.1 Å². The molecule has 2 rings (SSSR count). The number of anilines is 1. The van der Waals surface area contributed by atoms with Crippen molar-refractivity contribution in [2.24, 2.45) is 0 Å². The molecule has 1 aliphatic rings. The van der Waals surface area contributed by atoms with Crippen LogP contribution in [0.5, 0.6) is 0 Å². The molecule has 0 aliphatic carbocycles. The molecule has 1 aliphatic heterocycles. The first kappa shape index (κ1) is 9.46. The summed E-state index contributed by atoms with van der Waals surface area (Å²) in [6.45, 7) is 6.02. The molecule has 0 bridgehead atoms.